The van der Waals surface area contributed by atoms with Gasteiger partial charge in [-0.3, -0.25) is 14.6 Å². The summed E-state index contributed by atoms with van der Waals surface area (Å²) >= 11 is 0. The second kappa shape index (κ2) is 10.00. The Morgan fingerprint density at radius 2 is 1.49 bits per heavy atom. The van der Waals surface area contributed by atoms with Gasteiger partial charge in [0.1, 0.15) is 5.82 Å². The van der Waals surface area contributed by atoms with E-state index in [1.54, 1.807) is 0 Å². The minimum Gasteiger partial charge on any atom is -0.481 e. The summed E-state index contributed by atoms with van der Waals surface area (Å²) in [6.45, 7) is 2.55. The van der Waals surface area contributed by atoms with E-state index in [0.717, 1.165) is 68.0 Å². The number of hydrogen-bond donors (Lipinski definition) is 1. The summed E-state index contributed by atoms with van der Waals surface area (Å²) in [5.41, 5.74) is 2.41. The number of carbonyl (C=O) groups is 1. The van der Waals surface area contributed by atoms with Gasteiger partial charge in [-0.1, -0.05) is 37.8 Å². The maximum absolute atomic E-state index is 11.5. The lowest BCUT2D eigenvalue weighted by Crippen LogP contribution is -2.58. The molecule has 2 saturated carbocycles. The first kappa shape index (κ1) is 24.1. The second-order valence-corrected chi connectivity index (χ2v) is 13.1. The smallest absolute Gasteiger partial charge is 0.306 e. The zero-order chi connectivity index (χ0) is 24.9. The van der Waals surface area contributed by atoms with Gasteiger partial charge in [0.25, 0.3) is 0 Å². The molecule has 5 fully saturated rings. The van der Waals surface area contributed by atoms with Crippen molar-refractivity contribution in [3.8, 4) is 0 Å². The Kier molecular flexibility index (Phi) is 6.52. The van der Waals surface area contributed by atoms with Crippen molar-refractivity contribution in [2.75, 3.05) is 13.1 Å². The van der Waals surface area contributed by atoms with Gasteiger partial charge in [-0.15, -0.1) is 0 Å². The Labute approximate surface area is 221 Å². The molecule has 1 aromatic heterocycles. The summed E-state index contributed by atoms with van der Waals surface area (Å²) in [6, 6.07) is 11.5. The number of hydrogen-bond acceptors (Lipinski definition) is 4. The first-order chi connectivity index (χ1) is 18.1. The average molecular weight is 505 g/mol. The van der Waals surface area contributed by atoms with Gasteiger partial charge >= 0.3 is 5.97 Å². The predicted molar refractivity (Wildman–Crippen MR) is 145 cm³/mol. The minimum atomic E-state index is -0.633. The Morgan fingerprint density at radius 3 is 2.19 bits per heavy atom. The highest BCUT2D eigenvalue weighted by Crippen LogP contribution is 2.48. The van der Waals surface area contributed by atoms with Crippen LogP contribution in [0, 0.1) is 17.8 Å². The summed E-state index contributed by atoms with van der Waals surface area (Å²) in [4.78, 5) is 22.1. The molecule has 5 aliphatic rings. The number of carboxylic acids is 1. The molecule has 6 nitrogen and oxygen atoms in total. The monoisotopic (exact) mass is 504 g/mol. The lowest BCUT2D eigenvalue weighted by molar-refractivity contribution is -0.143. The third kappa shape index (κ3) is 4.63. The lowest BCUT2D eigenvalue weighted by atomic mass is 9.68. The number of piperidine rings is 3. The molecular formula is C31H44N4O2. The number of aromatic nitrogens is 2. The molecule has 3 aliphatic heterocycles. The Hall–Kier alpha value is -1.92. The van der Waals surface area contributed by atoms with Crippen LogP contribution in [0.4, 0.5) is 0 Å². The molecule has 6 heteroatoms. The number of imidazole rings is 1. The number of fused-ring (bicyclic) bond motifs is 5. The largest absolute Gasteiger partial charge is 0.481 e. The number of benzene rings is 1. The van der Waals surface area contributed by atoms with Gasteiger partial charge in [-0.05, 0) is 94.8 Å². The van der Waals surface area contributed by atoms with Crippen LogP contribution in [0.2, 0.25) is 0 Å². The molecule has 4 heterocycles. The second-order valence-electron chi connectivity index (χ2n) is 13.1. The fraction of sp³-hybridized carbons (Fsp3) is 0.742. The van der Waals surface area contributed by atoms with Crippen molar-refractivity contribution < 1.29 is 9.90 Å². The third-order valence-corrected chi connectivity index (χ3v) is 10.9. The Balaban J connectivity index is 1.13. The first-order valence-electron chi connectivity index (χ1n) is 15.3. The number of para-hydroxylation sites is 2. The maximum atomic E-state index is 11.5. The topological polar surface area (TPSA) is 61.6 Å². The summed E-state index contributed by atoms with van der Waals surface area (Å²) in [6.07, 6.45) is 17.0. The number of rotatable bonds is 5. The van der Waals surface area contributed by atoms with Gasteiger partial charge in [0.2, 0.25) is 0 Å². The van der Waals surface area contributed by atoms with Gasteiger partial charge < -0.3 is 9.67 Å². The van der Waals surface area contributed by atoms with E-state index in [9.17, 15) is 9.90 Å². The minimum absolute atomic E-state index is 0.182. The van der Waals surface area contributed by atoms with Gasteiger partial charge in [0.15, 0.2) is 0 Å². The quantitative estimate of drug-likeness (QED) is 0.553. The summed E-state index contributed by atoms with van der Waals surface area (Å²) < 4.78 is 2.62. The van der Waals surface area contributed by atoms with Crippen LogP contribution in [0.25, 0.3) is 11.0 Å². The van der Waals surface area contributed by atoms with E-state index in [-0.39, 0.29) is 5.92 Å². The molecule has 4 bridgehead atoms. The van der Waals surface area contributed by atoms with Crippen molar-refractivity contribution in [3.05, 3.63) is 30.1 Å². The zero-order valence-corrected chi connectivity index (χ0v) is 22.3. The molecule has 7 rings (SSSR count). The molecule has 200 valence electrons. The van der Waals surface area contributed by atoms with Gasteiger partial charge in [-0.2, -0.15) is 0 Å². The predicted octanol–water partition coefficient (Wildman–Crippen LogP) is 5.86. The van der Waals surface area contributed by atoms with Crippen LogP contribution in [0.1, 0.15) is 95.3 Å². The molecule has 2 aliphatic carbocycles. The molecular weight excluding hydrogens is 460 g/mol. The molecule has 2 aromatic rings. The van der Waals surface area contributed by atoms with Crippen molar-refractivity contribution in [2.24, 2.45) is 17.8 Å². The summed E-state index contributed by atoms with van der Waals surface area (Å²) in [5.74, 6) is 2.36. The van der Waals surface area contributed by atoms with Gasteiger partial charge in [0, 0.05) is 24.2 Å². The van der Waals surface area contributed by atoms with Crippen molar-refractivity contribution in [1.29, 1.82) is 0 Å². The standard InChI is InChI=1S/C31H44N4O2/c36-31(37)23-11-13-33(14-12-23)20-30-32-28-9-1-2-10-29(28)35(30)27-18-24-7-4-8-25(19-27)34(24)26-16-21-5-3-6-22(15-21)17-26/h1-2,9-10,21-27H,3-8,11-20H2,(H,36,37)/t21-,22+,24-,25+,26+,27+. The molecule has 3 saturated heterocycles. The van der Waals surface area contributed by atoms with Crippen LogP contribution in [0.5, 0.6) is 0 Å². The molecule has 6 atom stereocenters. The normalized spacial score (nSPS) is 35.6. The van der Waals surface area contributed by atoms with Crippen molar-refractivity contribution >= 4 is 17.0 Å². The molecule has 1 aromatic carbocycles. The summed E-state index contributed by atoms with van der Waals surface area (Å²) in [5, 5.41) is 9.43. The van der Waals surface area contributed by atoms with Crippen LogP contribution in [-0.2, 0) is 11.3 Å². The number of aliphatic carboxylic acids is 1. The average Bonchev–Trinajstić information content (AvgIpc) is 3.25. The van der Waals surface area contributed by atoms with E-state index in [1.807, 2.05) is 0 Å². The molecule has 0 unspecified atom stereocenters. The number of carboxylic acid groups (broad SMARTS) is 1. The van der Waals surface area contributed by atoms with E-state index in [4.69, 9.17) is 4.98 Å². The van der Waals surface area contributed by atoms with Crippen molar-refractivity contribution in [1.82, 2.24) is 19.4 Å². The molecule has 0 spiro atoms. The molecule has 0 amide bonds. The van der Waals surface area contributed by atoms with Crippen LogP contribution in [-0.4, -0.2) is 61.6 Å². The van der Waals surface area contributed by atoms with Crippen molar-refractivity contribution in [3.63, 3.8) is 0 Å². The molecule has 0 radical (unpaired) electrons. The van der Waals surface area contributed by atoms with E-state index < -0.39 is 5.97 Å². The lowest BCUT2D eigenvalue weighted by Gasteiger charge is -2.55. The summed E-state index contributed by atoms with van der Waals surface area (Å²) in [7, 11) is 0. The Bertz CT molecular complexity index is 1100. The number of nitrogens with zero attached hydrogens (tertiary/aromatic N) is 4. The molecule has 37 heavy (non-hydrogen) atoms. The van der Waals surface area contributed by atoms with E-state index >= 15 is 0 Å². The third-order valence-electron chi connectivity index (χ3n) is 10.9. The SMILES string of the molecule is O=C(O)C1CCN(Cc2nc3ccccc3n2[C@H]2C[C@H]3CCC[C@@H](C2)N3[C@H]2C[C@@H]3CCC[C@@H](C3)C2)CC1. The highest BCUT2D eigenvalue weighted by atomic mass is 16.4. The van der Waals surface area contributed by atoms with Gasteiger partial charge in [0.05, 0.1) is 23.5 Å². The molecule has 1 N–H and O–H groups in total. The number of likely N-dealkylation sites (tertiary alicyclic amines) is 1. The van der Waals surface area contributed by atoms with E-state index in [1.165, 1.54) is 82.0 Å². The fourth-order valence-electron chi connectivity index (χ4n) is 9.29. The van der Waals surface area contributed by atoms with Gasteiger partial charge in [-0.25, -0.2) is 4.98 Å². The highest BCUT2D eigenvalue weighted by molar-refractivity contribution is 5.76. The van der Waals surface area contributed by atoms with Crippen LogP contribution in [0.3, 0.4) is 0 Å². The highest BCUT2D eigenvalue weighted by Gasteiger charge is 2.45. The maximum Gasteiger partial charge on any atom is 0.306 e. The Morgan fingerprint density at radius 1 is 0.811 bits per heavy atom. The van der Waals surface area contributed by atoms with Crippen LogP contribution in [0.15, 0.2) is 24.3 Å². The van der Waals surface area contributed by atoms with E-state index in [2.05, 4.69) is 38.6 Å². The van der Waals surface area contributed by atoms with Crippen LogP contribution < -0.4 is 0 Å². The zero-order valence-electron chi connectivity index (χ0n) is 22.3. The van der Waals surface area contributed by atoms with E-state index in [0.29, 0.717) is 6.04 Å². The first-order valence-corrected chi connectivity index (χ1v) is 15.3. The van der Waals surface area contributed by atoms with Crippen molar-refractivity contribution in [2.45, 2.75) is 114 Å². The fourth-order valence-corrected chi connectivity index (χ4v) is 9.29. The van der Waals surface area contributed by atoms with Crippen LogP contribution >= 0.6 is 0 Å².